The number of benzene rings is 2. The molecule has 1 unspecified atom stereocenters. The van der Waals surface area contributed by atoms with Crippen LogP contribution in [0.15, 0.2) is 42.5 Å². The van der Waals surface area contributed by atoms with Crippen molar-refractivity contribution in [3.63, 3.8) is 0 Å². The van der Waals surface area contributed by atoms with E-state index in [1.807, 2.05) is 24.3 Å². The van der Waals surface area contributed by atoms with E-state index in [4.69, 9.17) is 15.7 Å². The standard InChI is InChI=1S/C16H15N3O/c17-9-12-7-13(18)5-6-15(12)19-10-14-8-11-3-1-2-4-16(11)20-14/h1-7,14,19H,8,10,18H2. The average Bonchev–Trinajstić information content (AvgIpc) is 2.88. The molecule has 0 bridgehead atoms. The van der Waals surface area contributed by atoms with Crippen molar-refractivity contribution in [3.8, 4) is 11.8 Å². The summed E-state index contributed by atoms with van der Waals surface area (Å²) in [6.45, 7) is 0.660. The Kier molecular flexibility index (Phi) is 3.18. The van der Waals surface area contributed by atoms with Gasteiger partial charge >= 0.3 is 0 Å². The number of hydrogen-bond acceptors (Lipinski definition) is 4. The predicted octanol–water partition coefficient (Wildman–Crippen LogP) is 2.56. The van der Waals surface area contributed by atoms with Crippen LogP contribution in [0, 0.1) is 11.3 Å². The first kappa shape index (κ1) is 12.4. The number of nitrogens with zero attached hydrogens (tertiary/aromatic N) is 1. The van der Waals surface area contributed by atoms with E-state index in [1.54, 1.807) is 12.1 Å². The summed E-state index contributed by atoms with van der Waals surface area (Å²) in [5, 5.41) is 12.4. The van der Waals surface area contributed by atoms with E-state index in [0.717, 1.165) is 17.9 Å². The lowest BCUT2D eigenvalue weighted by Crippen LogP contribution is -2.24. The molecule has 4 heteroatoms. The Balaban J connectivity index is 1.66. The number of nitrogens with two attached hydrogens (primary N) is 1. The van der Waals surface area contributed by atoms with E-state index in [-0.39, 0.29) is 6.10 Å². The van der Waals surface area contributed by atoms with Gasteiger partial charge in [0, 0.05) is 12.1 Å². The fourth-order valence-electron chi connectivity index (χ4n) is 2.40. The molecule has 0 aromatic heterocycles. The number of rotatable bonds is 3. The maximum Gasteiger partial charge on any atom is 0.123 e. The van der Waals surface area contributed by atoms with Gasteiger partial charge in [-0.05, 0) is 29.8 Å². The summed E-state index contributed by atoms with van der Waals surface area (Å²) in [4.78, 5) is 0. The molecule has 1 aliphatic rings. The molecule has 1 atom stereocenters. The van der Waals surface area contributed by atoms with Crippen molar-refractivity contribution in [1.82, 2.24) is 0 Å². The zero-order valence-corrected chi connectivity index (χ0v) is 11.0. The zero-order chi connectivity index (χ0) is 13.9. The molecule has 4 nitrogen and oxygen atoms in total. The topological polar surface area (TPSA) is 71.1 Å². The molecule has 1 aliphatic heterocycles. The van der Waals surface area contributed by atoms with Crippen molar-refractivity contribution >= 4 is 11.4 Å². The Labute approximate surface area is 117 Å². The third-order valence-electron chi connectivity index (χ3n) is 3.40. The number of fused-ring (bicyclic) bond motifs is 1. The summed E-state index contributed by atoms with van der Waals surface area (Å²) in [6.07, 6.45) is 0.983. The SMILES string of the molecule is N#Cc1cc(N)ccc1NCC1Cc2ccccc2O1. The summed E-state index contributed by atoms with van der Waals surface area (Å²) in [5.41, 5.74) is 8.85. The van der Waals surface area contributed by atoms with E-state index in [0.29, 0.717) is 17.8 Å². The molecule has 20 heavy (non-hydrogen) atoms. The van der Waals surface area contributed by atoms with Crippen LogP contribution >= 0.6 is 0 Å². The summed E-state index contributed by atoms with van der Waals surface area (Å²) in [5.74, 6) is 0.956. The summed E-state index contributed by atoms with van der Waals surface area (Å²) in [7, 11) is 0. The second kappa shape index (κ2) is 5.14. The van der Waals surface area contributed by atoms with Crippen LogP contribution in [0.25, 0.3) is 0 Å². The van der Waals surface area contributed by atoms with Crippen molar-refractivity contribution in [1.29, 1.82) is 5.26 Å². The van der Waals surface area contributed by atoms with E-state index in [2.05, 4.69) is 17.5 Å². The first-order valence-corrected chi connectivity index (χ1v) is 6.54. The molecule has 0 amide bonds. The molecule has 100 valence electrons. The van der Waals surface area contributed by atoms with Crippen molar-refractivity contribution in [2.24, 2.45) is 0 Å². The average molecular weight is 265 g/mol. The number of para-hydroxylation sites is 1. The van der Waals surface area contributed by atoms with Gasteiger partial charge in [-0.25, -0.2) is 0 Å². The Bertz CT molecular complexity index is 651. The van der Waals surface area contributed by atoms with Crippen molar-refractivity contribution in [2.75, 3.05) is 17.6 Å². The molecule has 0 radical (unpaired) electrons. The molecule has 0 spiro atoms. The van der Waals surface area contributed by atoms with Gasteiger partial charge in [0.15, 0.2) is 0 Å². The first-order valence-electron chi connectivity index (χ1n) is 6.54. The van der Waals surface area contributed by atoms with Crippen LogP contribution in [0.4, 0.5) is 11.4 Å². The largest absolute Gasteiger partial charge is 0.488 e. The lowest BCUT2D eigenvalue weighted by Gasteiger charge is -2.14. The Morgan fingerprint density at radius 1 is 1.30 bits per heavy atom. The normalized spacial score (nSPS) is 16.1. The van der Waals surface area contributed by atoms with Crippen LogP contribution in [0.5, 0.6) is 5.75 Å². The van der Waals surface area contributed by atoms with Gasteiger partial charge in [0.1, 0.15) is 17.9 Å². The highest BCUT2D eigenvalue weighted by molar-refractivity contribution is 5.63. The van der Waals surface area contributed by atoms with Gasteiger partial charge in [-0.2, -0.15) is 5.26 Å². The van der Waals surface area contributed by atoms with Crippen molar-refractivity contribution in [3.05, 3.63) is 53.6 Å². The van der Waals surface area contributed by atoms with Gasteiger partial charge in [0.05, 0.1) is 17.8 Å². The maximum absolute atomic E-state index is 9.10. The van der Waals surface area contributed by atoms with Crippen LogP contribution < -0.4 is 15.8 Å². The van der Waals surface area contributed by atoms with Gasteiger partial charge in [-0.15, -0.1) is 0 Å². The highest BCUT2D eigenvalue weighted by Gasteiger charge is 2.22. The molecular formula is C16H15N3O. The van der Waals surface area contributed by atoms with E-state index in [9.17, 15) is 0 Å². The highest BCUT2D eigenvalue weighted by Crippen LogP contribution is 2.28. The van der Waals surface area contributed by atoms with Gasteiger partial charge in [0.2, 0.25) is 0 Å². The Morgan fingerprint density at radius 2 is 2.15 bits per heavy atom. The first-order chi connectivity index (χ1) is 9.76. The summed E-state index contributed by atoms with van der Waals surface area (Å²) in [6, 6.07) is 15.5. The molecule has 2 aromatic rings. The number of nitrogen functional groups attached to an aromatic ring is 1. The maximum atomic E-state index is 9.10. The number of nitrogens with one attached hydrogen (secondary N) is 1. The molecule has 3 N–H and O–H groups in total. The van der Waals surface area contributed by atoms with Crippen molar-refractivity contribution < 1.29 is 4.74 Å². The predicted molar refractivity (Wildman–Crippen MR) is 78.6 cm³/mol. The minimum atomic E-state index is 0.0940. The van der Waals surface area contributed by atoms with Crippen LogP contribution in [-0.2, 0) is 6.42 Å². The Morgan fingerprint density at radius 3 is 2.95 bits per heavy atom. The number of ether oxygens (including phenoxy) is 1. The zero-order valence-electron chi connectivity index (χ0n) is 11.0. The van der Waals surface area contributed by atoms with Crippen molar-refractivity contribution in [2.45, 2.75) is 12.5 Å². The monoisotopic (exact) mass is 265 g/mol. The third kappa shape index (κ3) is 2.39. The van der Waals surface area contributed by atoms with Gasteiger partial charge < -0.3 is 15.8 Å². The molecule has 2 aromatic carbocycles. The summed E-state index contributed by atoms with van der Waals surface area (Å²) < 4.78 is 5.86. The molecule has 0 saturated heterocycles. The summed E-state index contributed by atoms with van der Waals surface area (Å²) >= 11 is 0. The third-order valence-corrected chi connectivity index (χ3v) is 3.40. The lowest BCUT2D eigenvalue weighted by atomic mass is 10.1. The minimum Gasteiger partial charge on any atom is -0.488 e. The van der Waals surface area contributed by atoms with E-state index >= 15 is 0 Å². The highest BCUT2D eigenvalue weighted by atomic mass is 16.5. The van der Waals surface area contributed by atoms with Crippen LogP contribution in [0.2, 0.25) is 0 Å². The van der Waals surface area contributed by atoms with Crippen LogP contribution in [0.3, 0.4) is 0 Å². The lowest BCUT2D eigenvalue weighted by molar-refractivity contribution is 0.246. The molecule has 0 aliphatic carbocycles. The molecule has 0 saturated carbocycles. The van der Waals surface area contributed by atoms with E-state index in [1.165, 1.54) is 5.56 Å². The molecule has 3 rings (SSSR count). The van der Waals surface area contributed by atoms with Gasteiger partial charge in [0.25, 0.3) is 0 Å². The Hall–Kier alpha value is -2.67. The molecule has 1 heterocycles. The molecular weight excluding hydrogens is 250 g/mol. The second-order valence-electron chi connectivity index (χ2n) is 4.85. The van der Waals surface area contributed by atoms with E-state index < -0.39 is 0 Å². The van der Waals surface area contributed by atoms with Gasteiger partial charge in [-0.3, -0.25) is 0 Å². The fraction of sp³-hybridized carbons (Fsp3) is 0.188. The smallest absolute Gasteiger partial charge is 0.123 e. The number of anilines is 2. The quantitative estimate of drug-likeness (QED) is 0.837. The number of nitriles is 1. The fourth-order valence-corrected chi connectivity index (χ4v) is 2.40. The van der Waals surface area contributed by atoms with Crippen LogP contribution in [0.1, 0.15) is 11.1 Å². The molecule has 0 fully saturated rings. The minimum absolute atomic E-state index is 0.0940. The van der Waals surface area contributed by atoms with Gasteiger partial charge in [-0.1, -0.05) is 18.2 Å². The second-order valence-corrected chi connectivity index (χ2v) is 4.85. The number of hydrogen-bond donors (Lipinski definition) is 2. The van der Waals surface area contributed by atoms with Crippen LogP contribution in [-0.4, -0.2) is 12.6 Å².